The van der Waals surface area contributed by atoms with Crippen molar-refractivity contribution >= 4 is 11.6 Å². The zero-order chi connectivity index (χ0) is 12.3. The first-order valence-corrected chi connectivity index (χ1v) is 6.86. The summed E-state index contributed by atoms with van der Waals surface area (Å²) in [5.41, 5.74) is 0.0246. The van der Waals surface area contributed by atoms with E-state index >= 15 is 0 Å². The lowest BCUT2D eigenvalue weighted by Crippen LogP contribution is -2.39. The monoisotopic (exact) mass is 257 g/mol. The molecule has 0 aliphatic carbocycles. The molecular formula is C12H20ClN3O. The van der Waals surface area contributed by atoms with Gasteiger partial charge in [-0.05, 0) is 25.7 Å². The van der Waals surface area contributed by atoms with E-state index in [0.29, 0.717) is 11.9 Å². The van der Waals surface area contributed by atoms with E-state index in [0.717, 1.165) is 38.1 Å². The van der Waals surface area contributed by atoms with Gasteiger partial charge in [-0.2, -0.15) is 0 Å². The minimum Gasteiger partial charge on any atom is -0.375 e. The van der Waals surface area contributed by atoms with Crippen molar-refractivity contribution in [2.45, 2.75) is 57.1 Å². The number of halogens is 1. The molecule has 0 bridgehead atoms. The Morgan fingerprint density at radius 2 is 2.29 bits per heavy atom. The average Bonchev–Trinajstić information content (AvgIpc) is 2.87. The van der Waals surface area contributed by atoms with Crippen LogP contribution in [0.1, 0.15) is 51.4 Å². The van der Waals surface area contributed by atoms with Gasteiger partial charge < -0.3 is 9.30 Å². The van der Waals surface area contributed by atoms with Crippen molar-refractivity contribution < 1.29 is 4.74 Å². The van der Waals surface area contributed by atoms with E-state index in [-0.39, 0.29) is 5.60 Å². The summed E-state index contributed by atoms with van der Waals surface area (Å²) in [7, 11) is 0. The van der Waals surface area contributed by atoms with Crippen molar-refractivity contribution in [2.75, 3.05) is 6.61 Å². The van der Waals surface area contributed by atoms with Crippen molar-refractivity contribution in [1.29, 1.82) is 0 Å². The predicted molar refractivity (Wildman–Crippen MR) is 67.1 cm³/mol. The highest BCUT2D eigenvalue weighted by Gasteiger charge is 2.35. The minimum absolute atomic E-state index is 0.0246. The molecule has 0 radical (unpaired) electrons. The molecule has 5 heteroatoms. The van der Waals surface area contributed by atoms with E-state index < -0.39 is 0 Å². The third-order valence-corrected chi connectivity index (χ3v) is 4.15. The normalized spacial score (nSPS) is 23.8. The highest BCUT2D eigenvalue weighted by molar-refractivity contribution is 6.16. The Kier molecular flexibility index (Phi) is 4.05. The Morgan fingerprint density at radius 1 is 1.53 bits per heavy atom. The van der Waals surface area contributed by atoms with Crippen LogP contribution < -0.4 is 0 Å². The maximum atomic E-state index is 5.98. The van der Waals surface area contributed by atoms with Crippen LogP contribution in [0.5, 0.6) is 0 Å². The minimum atomic E-state index is 0.0246. The topological polar surface area (TPSA) is 39.9 Å². The molecule has 0 spiro atoms. The molecule has 0 N–H and O–H groups in total. The number of rotatable bonds is 4. The van der Waals surface area contributed by atoms with E-state index in [2.05, 4.69) is 28.6 Å². The van der Waals surface area contributed by atoms with Gasteiger partial charge in [0.2, 0.25) is 0 Å². The van der Waals surface area contributed by atoms with E-state index in [1.807, 2.05) is 0 Å². The van der Waals surface area contributed by atoms with Gasteiger partial charge >= 0.3 is 0 Å². The van der Waals surface area contributed by atoms with E-state index in [9.17, 15) is 0 Å². The summed E-state index contributed by atoms with van der Waals surface area (Å²) >= 11 is 5.88. The second kappa shape index (κ2) is 5.36. The van der Waals surface area contributed by atoms with Gasteiger partial charge in [0.25, 0.3) is 0 Å². The number of ether oxygens (including phenoxy) is 1. The van der Waals surface area contributed by atoms with Gasteiger partial charge in [0, 0.05) is 12.6 Å². The summed E-state index contributed by atoms with van der Waals surface area (Å²) in [6.07, 6.45) is 5.95. The van der Waals surface area contributed by atoms with Gasteiger partial charge in [0.1, 0.15) is 12.2 Å². The highest BCUT2D eigenvalue weighted by Crippen LogP contribution is 2.37. The van der Waals surface area contributed by atoms with Gasteiger partial charge in [0.15, 0.2) is 0 Å². The maximum absolute atomic E-state index is 5.98. The lowest BCUT2D eigenvalue weighted by atomic mass is 9.86. The first-order valence-electron chi connectivity index (χ1n) is 6.33. The average molecular weight is 258 g/mol. The van der Waals surface area contributed by atoms with Gasteiger partial charge in [0.05, 0.1) is 11.5 Å². The first kappa shape index (κ1) is 12.8. The summed E-state index contributed by atoms with van der Waals surface area (Å²) in [4.78, 5) is 0. The smallest absolute Gasteiger partial charge is 0.148 e. The Bertz CT molecular complexity index is 362. The molecule has 4 nitrogen and oxygen atoms in total. The molecule has 1 aliphatic rings. The Morgan fingerprint density at radius 3 is 2.94 bits per heavy atom. The van der Waals surface area contributed by atoms with Crippen LogP contribution in [-0.2, 0) is 10.6 Å². The highest BCUT2D eigenvalue weighted by atomic mass is 35.5. The van der Waals surface area contributed by atoms with Gasteiger partial charge in [-0.3, -0.25) is 0 Å². The molecule has 17 heavy (non-hydrogen) atoms. The number of aromatic nitrogens is 3. The second-order valence-electron chi connectivity index (χ2n) is 4.67. The molecule has 2 heterocycles. The fraction of sp³-hybridized carbons (Fsp3) is 0.833. The van der Waals surface area contributed by atoms with E-state index in [1.54, 1.807) is 6.33 Å². The molecule has 1 unspecified atom stereocenters. The van der Waals surface area contributed by atoms with Crippen LogP contribution in [0, 0.1) is 0 Å². The number of alkyl halides is 1. The molecule has 1 aromatic heterocycles. The van der Waals surface area contributed by atoms with E-state index in [4.69, 9.17) is 16.3 Å². The standard InChI is InChI=1S/C12H20ClN3O/c1-3-12(4-2)7-10(5-6-17-12)16-9-14-15-11(16)8-13/h9-10H,3-8H2,1-2H3. The summed E-state index contributed by atoms with van der Waals surface area (Å²) in [6, 6.07) is 0.424. The van der Waals surface area contributed by atoms with Crippen LogP contribution >= 0.6 is 11.6 Å². The second-order valence-corrected chi connectivity index (χ2v) is 4.94. The largest absolute Gasteiger partial charge is 0.375 e. The molecule has 1 fully saturated rings. The van der Waals surface area contributed by atoms with Crippen molar-refractivity contribution in [3.8, 4) is 0 Å². The lowest BCUT2D eigenvalue weighted by molar-refractivity contribution is -0.0989. The molecule has 1 atom stereocenters. The Balaban J connectivity index is 2.17. The molecule has 1 aliphatic heterocycles. The molecule has 1 aromatic rings. The molecule has 0 amide bonds. The van der Waals surface area contributed by atoms with Gasteiger partial charge in [-0.1, -0.05) is 13.8 Å². The molecule has 2 rings (SSSR count). The fourth-order valence-corrected chi connectivity index (χ4v) is 2.84. The first-order chi connectivity index (χ1) is 8.24. The zero-order valence-electron chi connectivity index (χ0n) is 10.5. The van der Waals surface area contributed by atoms with Crippen molar-refractivity contribution in [1.82, 2.24) is 14.8 Å². The van der Waals surface area contributed by atoms with Gasteiger partial charge in [-0.15, -0.1) is 21.8 Å². The van der Waals surface area contributed by atoms with E-state index in [1.165, 1.54) is 0 Å². The number of nitrogens with zero attached hydrogens (tertiary/aromatic N) is 3. The summed E-state index contributed by atoms with van der Waals surface area (Å²) in [5, 5.41) is 8.00. The SMILES string of the molecule is CCC1(CC)CC(n2cnnc2CCl)CCO1. The van der Waals surface area contributed by atoms with Crippen molar-refractivity contribution in [2.24, 2.45) is 0 Å². The van der Waals surface area contributed by atoms with Crippen LogP contribution in [0.3, 0.4) is 0 Å². The molecule has 96 valence electrons. The van der Waals surface area contributed by atoms with Crippen LogP contribution in [0.25, 0.3) is 0 Å². The van der Waals surface area contributed by atoms with Crippen molar-refractivity contribution in [3.05, 3.63) is 12.2 Å². The fourth-order valence-electron chi connectivity index (χ4n) is 2.65. The zero-order valence-corrected chi connectivity index (χ0v) is 11.3. The third kappa shape index (κ3) is 2.47. The number of hydrogen-bond donors (Lipinski definition) is 0. The Labute approximate surface area is 107 Å². The number of hydrogen-bond acceptors (Lipinski definition) is 3. The molecule has 0 saturated carbocycles. The summed E-state index contributed by atoms with van der Waals surface area (Å²) in [5.74, 6) is 1.28. The van der Waals surface area contributed by atoms with Gasteiger partial charge in [-0.25, -0.2) is 0 Å². The molecule has 0 aromatic carbocycles. The predicted octanol–water partition coefficient (Wildman–Crippen LogP) is 2.93. The molecule has 1 saturated heterocycles. The molecular weight excluding hydrogens is 238 g/mol. The third-order valence-electron chi connectivity index (χ3n) is 3.92. The maximum Gasteiger partial charge on any atom is 0.148 e. The van der Waals surface area contributed by atoms with Crippen LogP contribution in [0.2, 0.25) is 0 Å². The summed E-state index contributed by atoms with van der Waals surface area (Å²) in [6.45, 7) is 5.20. The van der Waals surface area contributed by atoms with Crippen LogP contribution in [0.15, 0.2) is 6.33 Å². The summed E-state index contributed by atoms with van der Waals surface area (Å²) < 4.78 is 8.10. The lowest BCUT2D eigenvalue weighted by Gasteiger charge is -2.40. The van der Waals surface area contributed by atoms with Crippen molar-refractivity contribution in [3.63, 3.8) is 0 Å². The Hall–Kier alpha value is -0.610. The van der Waals surface area contributed by atoms with Crippen LogP contribution in [0.4, 0.5) is 0 Å². The quantitative estimate of drug-likeness (QED) is 0.779. The van der Waals surface area contributed by atoms with Crippen LogP contribution in [-0.4, -0.2) is 27.0 Å².